The molecule has 0 aliphatic carbocycles. The zero-order chi connectivity index (χ0) is 31.8. The molecule has 1 aliphatic rings. The number of hydrogen-bond donors (Lipinski definition) is 4. The Morgan fingerprint density at radius 2 is 1.88 bits per heavy atom. The molecule has 2 aromatic heterocycles. The van der Waals surface area contributed by atoms with Gasteiger partial charge in [0.2, 0.25) is 15.9 Å². The van der Waals surface area contributed by atoms with Gasteiger partial charge in [0.1, 0.15) is 5.69 Å². The first-order valence-electron chi connectivity index (χ1n) is 13.1. The van der Waals surface area contributed by atoms with E-state index in [1.165, 1.54) is 18.2 Å². The fourth-order valence-corrected chi connectivity index (χ4v) is 3.75. The molecule has 13 nitrogen and oxygen atoms in total. The Labute approximate surface area is 206 Å². The molecule has 1 aliphatic heterocycles. The molecule has 1 saturated heterocycles. The highest BCUT2D eigenvalue weighted by molar-refractivity contribution is 7.92. The number of fused-ring (bicyclic) bond motifs is 1. The zero-order valence-corrected chi connectivity index (χ0v) is 18.7. The van der Waals surface area contributed by atoms with Gasteiger partial charge in [0, 0.05) is 48.6 Å². The molecule has 3 aromatic rings. The van der Waals surface area contributed by atoms with Gasteiger partial charge in [-0.2, -0.15) is 13.4 Å². The van der Waals surface area contributed by atoms with Gasteiger partial charge < -0.3 is 24.7 Å². The van der Waals surface area contributed by atoms with Crippen LogP contribution in [0.4, 0.5) is 17.2 Å². The van der Waals surface area contributed by atoms with Gasteiger partial charge in [-0.05, 0) is 30.3 Å². The van der Waals surface area contributed by atoms with E-state index in [1.807, 2.05) is 0 Å². The lowest BCUT2D eigenvalue weighted by Gasteiger charge is -2.35. The normalized spacial score (nSPS) is 24.3. The van der Waals surface area contributed by atoms with Crippen LogP contribution in [0, 0.1) is 0 Å². The number of nitrogens with zero attached hydrogens (tertiary/aromatic N) is 3. The van der Waals surface area contributed by atoms with Crippen LogP contribution in [0.5, 0.6) is 5.88 Å². The van der Waals surface area contributed by atoms with Crippen molar-refractivity contribution in [1.29, 1.82) is 0 Å². The van der Waals surface area contributed by atoms with E-state index in [-0.39, 0.29) is 26.4 Å². The molecule has 5 N–H and O–H groups in total. The van der Waals surface area contributed by atoms with Crippen molar-refractivity contribution in [2.45, 2.75) is 0 Å². The Hall–Kier alpha value is -3.56. The first-order chi connectivity index (χ1) is 18.9. The summed E-state index contributed by atoms with van der Waals surface area (Å²) in [6, 6.07) is 6.84. The number of benzene rings is 1. The summed E-state index contributed by atoms with van der Waals surface area (Å²) < 4.78 is 129. The quantitative estimate of drug-likeness (QED) is 0.337. The molecular formula is C19H22N6O7S2. The highest BCUT2D eigenvalue weighted by Crippen LogP contribution is 2.26. The van der Waals surface area contributed by atoms with Crippen molar-refractivity contribution in [3.05, 3.63) is 42.1 Å². The smallest absolute Gasteiger partial charge is 0.396 e. The van der Waals surface area contributed by atoms with Crippen LogP contribution < -0.4 is 19.5 Å². The first-order valence-corrected chi connectivity index (χ1v) is 12.3. The minimum Gasteiger partial charge on any atom is -0.396 e. The molecular weight excluding hydrogens is 488 g/mol. The molecule has 182 valence electrons. The molecule has 0 saturated carbocycles. The van der Waals surface area contributed by atoms with Crippen LogP contribution in [0.1, 0.15) is 21.5 Å². The predicted octanol–water partition coefficient (Wildman–Crippen LogP) is 0.661. The van der Waals surface area contributed by atoms with Crippen molar-refractivity contribution in [1.82, 2.24) is 14.9 Å². The third-order valence-corrected chi connectivity index (χ3v) is 5.17. The number of H-pyrrole nitrogens is 1. The van der Waals surface area contributed by atoms with Crippen LogP contribution in [0.2, 0.25) is 0 Å². The molecule has 34 heavy (non-hydrogen) atoms. The number of nitrogen functional groups attached to an aromatic ring is 1. The number of carbonyl (C=O) groups excluding carboxylic acids is 1. The van der Waals surface area contributed by atoms with Crippen LogP contribution in [0.3, 0.4) is 0 Å². The van der Waals surface area contributed by atoms with Gasteiger partial charge in [-0.15, -0.1) is 0 Å². The van der Waals surface area contributed by atoms with E-state index in [4.69, 9.17) is 21.3 Å². The molecule has 0 radical (unpaired) electrons. The molecule has 4 rings (SSSR count). The Balaban J connectivity index is 1.84. The number of carbonyl (C=O) groups is 1. The minimum absolute atomic E-state index is 0.111. The number of nitrogens with two attached hydrogens (primary N) is 1. The Morgan fingerprint density at radius 1 is 1.18 bits per heavy atom. The number of sulfonamides is 1. The van der Waals surface area contributed by atoms with Gasteiger partial charge in [-0.3, -0.25) is 14.1 Å². The summed E-state index contributed by atoms with van der Waals surface area (Å²) in [5.41, 5.74) is 5.09. The second kappa shape index (κ2) is 8.66. The topological polar surface area (TPSA) is 188 Å². The molecule has 0 atom stereocenters. The van der Waals surface area contributed by atoms with Gasteiger partial charge in [-0.25, -0.2) is 8.42 Å². The van der Waals surface area contributed by atoms with Crippen molar-refractivity contribution in [3.63, 3.8) is 0 Å². The van der Waals surface area contributed by atoms with Gasteiger partial charge in [0.05, 0.1) is 22.9 Å². The monoisotopic (exact) mass is 518 g/mol. The van der Waals surface area contributed by atoms with Crippen molar-refractivity contribution in [2.24, 2.45) is 0 Å². The number of pyridine rings is 1. The average Bonchev–Trinajstić information content (AvgIpc) is 3.21. The lowest BCUT2D eigenvalue weighted by atomic mass is 10.2. The Morgan fingerprint density at radius 3 is 2.53 bits per heavy atom. The van der Waals surface area contributed by atoms with Crippen LogP contribution in [0.25, 0.3) is 10.9 Å². The number of aromatic amines is 1. The largest absolute Gasteiger partial charge is 0.447 e. The fourth-order valence-electron chi connectivity index (χ4n) is 2.88. The van der Waals surface area contributed by atoms with Crippen LogP contribution in [0.15, 0.2) is 36.4 Å². The number of amides is 1. The van der Waals surface area contributed by atoms with Crippen molar-refractivity contribution >= 4 is 54.4 Å². The maximum Gasteiger partial charge on any atom is 0.447 e. The standard InChI is InChI=1S/C19H22N6O7S2/c1-33(27,28)23-13-2-4-15-12(10-13)11-16(21-15)19(26)25-8-6-24(7-9-25)18-14(20)3-5-17(22-18)32-34(29,30)31/h2-5,10-11,21,23H,6-9,20H2,1H3,(H,29,30,31)/i6D2,7D2,8D2,9D2. The molecule has 0 spiro atoms. The summed E-state index contributed by atoms with van der Waals surface area (Å²) in [7, 11) is -8.82. The number of piperazine rings is 1. The first kappa shape index (κ1) is 15.4. The number of anilines is 3. The van der Waals surface area contributed by atoms with E-state index in [9.17, 15) is 21.6 Å². The van der Waals surface area contributed by atoms with Gasteiger partial charge in [0.15, 0.2) is 5.82 Å². The highest BCUT2D eigenvalue weighted by Gasteiger charge is 2.25. The second-order valence-electron chi connectivity index (χ2n) is 6.86. The van der Waals surface area contributed by atoms with Crippen molar-refractivity contribution < 1.29 is 41.3 Å². The van der Waals surface area contributed by atoms with E-state index in [0.29, 0.717) is 0 Å². The minimum atomic E-state index is -5.16. The number of nitrogens with one attached hydrogen (secondary N) is 2. The molecule has 1 fully saturated rings. The summed E-state index contributed by atoms with van der Waals surface area (Å²) in [5.74, 6) is -3.44. The fraction of sp³-hybridized carbons (Fsp3) is 0.263. The van der Waals surface area contributed by atoms with Crippen LogP contribution >= 0.6 is 0 Å². The molecule has 0 unspecified atom stereocenters. The highest BCUT2D eigenvalue weighted by atomic mass is 32.3. The van der Waals surface area contributed by atoms with Crippen molar-refractivity contribution in [3.8, 4) is 5.88 Å². The summed E-state index contributed by atoms with van der Waals surface area (Å²) >= 11 is 0. The Bertz CT molecular complexity index is 1790. The third kappa shape index (κ3) is 5.49. The van der Waals surface area contributed by atoms with E-state index < -0.39 is 75.4 Å². The molecule has 15 heteroatoms. The second-order valence-corrected chi connectivity index (χ2v) is 9.63. The summed E-state index contributed by atoms with van der Waals surface area (Å²) in [5, 5.41) is 0.227. The van der Waals surface area contributed by atoms with E-state index in [1.54, 1.807) is 0 Å². The molecule has 1 amide bonds. The van der Waals surface area contributed by atoms with Crippen molar-refractivity contribution in [2.75, 3.05) is 47.6 Å². The SMILES string of the molecule is [2H]C1([2H])N(C(=O)c2cc3cc(NS(C)(=O)=O)ccc3[nH]2)C([2H])([2H])C([2H])([2H])N(c2nc(OS(=O)(=O)O)ccc2N)C1([2H])[2H]. The molecule has 0 bridgehead atoms. The Kier molecular flexibility index (Phi) is 3.91. The maximum absolute atomic E-state index is 13.6. The van der Waals surface area contributed by atoms with E-state index in [0.717, 1.165) is 24.5 Å². The van der Waals surface area contributed by atoms with E-state index in [2.05, 4.69) is 18.9 Å². The van der Waals surface area contributed by atoms with Crippen LogP contribution in [-0.2, 0) is 20.4 Å². The average molecular weight is 519 g/mol. The predicted molar refractivity (Wildman–Crippen MR) is 126 cm³/mol. The van der Waals surface area contributed by atoms with Crippen LogP contribution in [-0.4, -0.2) is 74.4 Å². The maximum atomic E-state index is 13.6. The zero-order valence-electron chi connectivity index (χ0n) is 25.1. The van der Waals surface area contributed by atoms with E-state index >= 15 is 0 Å². The summed E-state index contributed by atoms with van der Waals surface area (Å²) in [4.78, 5) is 19.4. The summed E-state index contributed by atoms with van der Waals surface area (Å²) in [6.07, 6.45) is 0.913. The number of rotatable bonds is 6. The summed E-state index contributed by atoms with van der Waals surface area (Å²) in [6.45, 7) is -14.6. The number of aromatic nitrogens is 2. The third-order valence-electron chi connectivity index (χ3n) is 4.19. The lowest BCUT2D eigenvalue weighted by Crippen LogP contribution is -2.49. The molecule has 3 heterocycles. The number of hydrogen-bond acceptors (Lipinski definition) is 9. The van der Waals surface area contributed by atoms with Gasteiger partial charge in [0.25, 0.3) is 5.91 Å². The molecule has 1 aromatic carbocycles. The lowest BCUT2D eigenvalue weighted by molar-refractivity contribution is 0.0741. The van der Waals surface area contributed by atoms with Gasteiger partial charge >= 0.3 is 10.4 Å². The van der Waals surface area contributed by atoms with Gasteiger partial charge in [-0.1, -0.05) is 0 Å².